The number of carboxylic acids is 1. The highest BCUT2D eigenvalue weighted by molar-refractivity contribution is 5.82. The Morgan fingerprint density at radius 3 is 2.13 bits per heavy atom. The van der Waals surface area contributed by atoms with E-state index in [1.54, 1.807) is 0 Å². The maximum atomic E-state index is 13.7. The van der Waals surface area contributed by atoms with Crippen LogP contribution < -0.4 is 9.80 Å². The number of aromatic nitrogens is 5. The van der Waals surface area contributed by atoms with Gasteiger partial charge in [0.2, 0.25) is 0 Å². The van der Waals surface area contributed by atoms with E-state index in [0.29, 0.717) is 42.5 Å². The van der Waals surface area contributed by atoms with Gasteiger partial charge in [-0.25, -0.2) is 4.98 Å². The highest BCUT2D eigenvalue weighted by atomic mass is 19.4. The van der Waals surface area contributed by atoms with Gasteiger partial charge in [0.25, 0.3) is 5.95 Å². The largest absolute Gasteiger partial charge is 0.481 e. The highest BCUT2D eigenvalue weighted by Gasteiger charge is 2.37. The first kappa shape index (κ1) is 33.9. The normalized spacial score (nSPS) is 17.2. The molecule has 1 saturated carbocycles. The maximum absolute atomic E-state index is 13.7. The van der Waals surface area contributed by atoms with Crippen molar-refractivity contribution in [2.24, 2.45) is 18.9 Å². The molecule has 0 amide bonds. The Labute approximate surface area is 267 Å². The van der Waals surface area contributed by atoms with Crippen LogP contribution in [0, 0.1) is 11.8 Å². The molecule has 0 unspecified atom stereocenters. The molecule has 2 aromatic heterocycles. The van der Waals surface area contributed by atoms with Crippen LogP contribution in [-0.4, -0.2) is 49.4 Å². The second-order valence-corrected chi connectivity index (χ2v) is 12.0. The lowest BCUT2D eigenvalue weighted by Gasteiger charge is -2.34. The fourth-order valence-corrected chi connectivity index (χ4v) is 6.22. The van der Waals surface area contributed by atoms with Crippen LogP contribution in [0.5, 0.6) is 0 Å². The lowest BCUT2D eigenvalue weighted by atomic mass is 9.80. The van der Waals surface area contributed by atoms with Gasteiger partial charge in [-0.05, 0) is 85.6 Å². The summed E-state index contributed by atoms with van der Waals surface area (Å²) in [6.07, 6.45) is -6.46. The molecular weight excluding hydrogens is 628 g/mol. The fraction of sp³-hybridized carbons (Fsp3) is 0.469. The molecular formula is C32H35F6N7O2. The molecule has 4 aromatic rings. The lowest BCUT2D eigenvalue weighted by Crippen LogP contribution is -2.34. The summed E-state index contributed by atoms with van der Waals surface area (Å²) in [4.78, 5) is 21.0. The van der Waals surface area contributed by atoms with Crippen molar-refractivity contribution >= 4 is 28.6 Å². The van der Waals surface area contributed by atoms with Crippen LogP contribution in [0.2, 0.25) is 0 Å². The number of para-hydroxylation sites is 1. The number of halogens is 6. The van der Waals surface area contributed by atoms with Crippen molar-refractivity contribution in [1.82, 2.24) is 25.2 Å². The minimum absolute atomic E-state index is 0.0122. The average molecular weight is 664 g/mol. The molecule has 0 aliphatic heterocycles. The van der Waals surface area contributed by atoms with E-state index in [0.717, 1.165) is 41.4 Å². The molecule has 252 valence electrons. The van der Waals surface area contributed by atoms with Crippen molar-refractivity contribution in [1.29, 1.82) is 0 Å². The van der Waals surface area contributed by atoms with E-state index in [9.17, 15) is 36.2 Å². The molecule has 2 aromatic carbocycles. The third-order valence-corrected chi connectivity index (χ3v) is 8.53. The molecule has 47 heavy (non-hydrogen) atoms. The smallest absolute Gasteiger partial charge is 0.416 e. The van der Waals surface area contributed by atoms with Gasteiger partial charge in [-0.15, -0.1) is 5.10 Å². The Balaban J connectivity index is 1.51. The van der Waals surface area contributed by atoms with Crippen molar-refractivity contribution < 1.29 is 36.2 Å². The van der Waals surface area contributed by atoms with Gasteiger partial charge in [-0.3, -0.25) is 4.79 Å². The number of pyridine rings is 1. The summed E-state index contributed by atoms with van der Waals surface area (Å²) in [5, 5.41) is 22.1. The Kier molecular flexibility index (Phi) is 9.92. The quantitative estimate of drug-likeness (QED) is 0.170. The van der Waals surface area contributed by atoms with E-state index in [4.69, 9.17) is 4.98 Å². The highest BCUT2D eigenvalue weighted by Crippen LogP contribution is 2.38. The van der Waals surface area contributed by atoms with Crippen molar-refractivity contribution in [3.8, 4) is 0 Å². The molecule has 0 radical (unpaired) electrons. The molecule has 0 spiro atoms. The number of carbonyl (C=O) groups is 1. The summed E-state index contributed by atoms with van der Waals surface area (Å²) in [6, 6.07) is 10.9. The number of hydrogen-bond acceptors (Lipinski definition) is 7. The van der Waals surface area contributed by atoms with Crippen molar-refractivity contribution in [3.05, 3.63) is 70.8 Å². The molecule has 2 heterocycles. The molecule has 0 bridgehead atoms. The average Bonchev–Trinajstić information content (AvgIpc) is 3.45. The van der Waals surface area contributed by atoms with Gasteiger partial charge in [0.15, 0.2) is 0 Å². The van der Waals surface area contributed by atoms with Crippen LogP contribution in [0.25, 0.3) is 10.9 Å². The van der Waals surface area contributed by atoms with Gasteiger partial charge in [-0.2, -0.15) is 31.1 Å². The molecule has 1 aliphatic rings. The molecule has 0 saturated heterocycles. The Hall–Kier alpha value is -4.43. The first-order valence-corrected chi connectivity index (χ1v) is 15.3. The number of rotatable bonds is 11. The SMILES string of the molecule is CCN(CC1CCC(CC(=O)O)CC1)c1nc2ccccc2cc1CN(Cc1cc(C(F)(F)F)cc(C(F)(F)F)c1)c1nnn(C)n1. The fourth-order valence-electron chi connectivity index (χ4n) is 6.22. The molecule has 1 N–H and O–H groups in total. The minimum atomic E-state index is -4.99. The predicted molar refractivity (Wildman–Crippen MR) is 162 cm³/mol. The summed E-state index contributed by atoms with van der Waals surface area (Å²) in [5.74, 6) is 0.306. The van der Waals surface area contributed by atoms with Crippen LogP contribution in [0.3, 0.4) is 0 Å². The zero-order valence-electron chi connectivity index (χ0n) is 25.9. The number of benzene rings is 2. The second-order valence-electron chi connectivity index (χ2n) is 12.0. The summed E-state index contributed by atoms with van der Waals surface area (Å²) >= 11 is 0. The number of hydrogen-bond donors (Lipinski definition) is 1. The summed E-state index contributed by atoms with van der Waals surface area (Å²) < 4.78 is 82.1. The zero-order valence-corrected chi connectivity index (χ0v) is 25.9. The molecule has 15 heteroatoms. The number of carboxylic acid groups (broad SMARTS) is 1. The third-order valence-electron chi connectivity index (χ3n) is 8.53. The Morgan fingerprint density at radius 1 is 0.915 bits per heavy atom. The van der Waals surface area contributed by atoms with Crippen LogP contribution in [0.15, 0.2) is 48.5 Å². The number of fused-ring (bicyclic) bond motifs is 1. The zero-order chi connectivity index (χ0) is 33.9. The van der Waals surface area contributed by atoms with Crippen molar-refractivity contribution in [2.45, 2.75) is 64.5 Å². The minimum Gasteiger partial charge on any atom is -0.481 e. The lowest BCUT2D eigenvalue weighted by molar-refractivity contribution is -0.143. The third kappa shape index (κ3) is 8.49. The van der Waals surface area contributed by atoms with Crippen molar-refractivity contribution in [3.63, 3.8) is 0 Å². The summed E-state index contributed by atoms with van der Waals surface area (Å²) in [6.45, 7) is 2.86. The van der Waals surface area contributed by atoms with E-state index in [1.165, 1.54) is 11.9 Å². The Morgan fingerprint density at radius 2 is 1.55 bits per heavy atom. The molecule has 9 nitrogen and oxygen atoms in total. The molecule has 1 fully saturated rings. The maximum Gasteiger partial charge on any atom is 0.416 e. The van der Waals surface area contributed by atoms with Crippen LogP contribution >= 0.6 is 0 Å². The number of aliphatic carboxylic acids is 1. The van der Waals surface area contributed by atoms with E-state index in [2.05, 4.69) is 20.3 Å². The van der Waals surface area contributed by atoms with Crippen molar-refractivity contribution in [2.75, 3.05) is 22.9 Å². The molecule has 1 aliphatic carbocycles. The topological polar surface area (TPSA) is 100 Å². The second kappa shape index (κ2) is 13.7. The van der Waals surface area contributed by atoms with E-state index >= 15 is 0 Å². The monoisotopic (exact) mass is 663 g/mol. The molecule has 5 rings (SSSR count). The van der Waals surface area contributed by atoms with Crippen LogP contribution in [0.1, 0.15) is 61.3 Å². The van der Waals surface area contributed by atoms with Gasteiger partial charge in [0.05, 0.1) is 23.7 Å². The summed E-state index contributed by atoms with van der Waals surface area (Å²) in [7, 11) is 1.51. The van der Waals surface area contributed by atoms with Gasteiger partial charge in [-0.1, -0.05) is 23.3 Å². The predicted octanol–water partition coefficient (Wildman–Crippen LogP) is 7.11. The number of aryl methyl sites for hydroxylation is 1. The molecule has 0 atom stereocenters. The van der Waals surface area contributed by atoms with Gasteiger partial charge >= 0.3 is 18.3 Å². The van der Waals surface area contributed by atoms with E-state index in [-0.39, 0.29) is 43.0 Å². The number of nitrogens with zero attached hydrogens (tertiary/aromatic N) is 7. The van der Waals surface area contributed by atoms with Gasteiger partial charge < -0.3 is 14.9 Å². The van der Waals surface area contributed by atoms with E-state index < -0.39 is 29.4 Å². The summed E-state index contributed by atoms with van der Waals surface area (Å²) in [5.41, 5.74) is -1.62. The first-order chi connectivity index (χ1) is 22.2. The number of tetrazole rings is 1. The standard InChI is InChI=1S/C32H35F6N7O2/c1-3-44(17-21-10-8-20(9-11-21)14-28(46)47)29-24(15-23-6-4-5-7-27(23)39-29)19-45(30-40-42-43(2)41-30)18-22-12-25(31(33,34)35)16-26(13-22)32(36,37)38/h4-7,12-13,15-16,20-21H,3,8-11,14,17-19H2,1-2H3,(H,46,47). The van der Waals surface area contributed by atoms with E-state index in [1.807, 2.05) is 37.3 Å². The van der Waals surface area contributed by atoms with Crippen LogP contribution in [0.4, 0.5) is 38.1 Å². The van der Waals surface area contributed by atoms with Crippen LogP contribution in [-0.2, 0) is 37.3 Å². The number of anilines is 2. The Bertz CT molecular complexity index is 1670. The number of alkyl halides is 6. The van der Waals surface area contributed by atoms with Gasteiger partial charge in [0, 0.05) is 43.5 Å². The van der Waals surface area contributed by atoms with Gasteiger partial charge in [0.1, 0.15) is 5.82 Å². The first-order valence-electron chi connectivity index (χ1n) is 15.3.